The maximum atomic E-state index is 13.3. The Hall–Kier alpha value is -2.76. The third-order valence-corrected chi connectivity index (χ3v) is 5.78. The molecule has 140 valence electrons. The van der Waals surface area contributed by atoms with Crippen molar-refractivity contribution in [1.29, 1.82) is 0 Å². The maximum absolute atomic E-state index is 13.3. The van der Waals surface area contributed by atoms with Crippen molar-refractivity contribution in [2.24, 2.45) is 5.41 Å². The van der Waals surface area contributed by atoms with Gasteiger partial charge in [-0.15, -0.1) is 0 Å². The molecule has 2 fully saturated rings. The predicted octanol–water partition coefficient (Wildman–Crippen LogP) is 2.54. The van der Waals surface area contributed by atoms with Crippen molar-refractivity contribution >= 4 is 11.8 Å². The van der Waals surface area contributed by atoms with Crippen molar-refractivity contribution < 1.29 is 9.59 Å². The monoisotopic (exact) mass is 364 g/mol. The quantitative estimate of drug-likeness (QED) is 0.821. The molecule has 1 spiro atoms. The molecule has 0 bridgehead atoms. The molecule has 1 aromatic carbocycles. The van der Waals surface area contributed by atoms with E-state index in [0.29, 0.717) is 30.2 Å². The van der Waals surface area contributed by atoms with Gasteiger partial charge in [-0.25, -0.2) is 9.97 Å². The summed E-state index contributed by atoms with van der Waals surface area (Å²) in [7, 11) is 1.86. The minimum Gasteiger partial charge on any atom is -0.345 e. The number of benzene rings is 1. The van der Waals surface area contributed by atoms with Crippen LogP contribution >= 0.6 is 0 Å². The van der Waals surface area contributed by atoms with Crippen molar-refractivity contribution in [2.45, 2.75) is 26.2 Å². The number of amides is 2. The first-order valence-corrected chi connectivity index (χ1v) is 9.44. The zero-order valence-electron chi connectivity index (χ0n) is 15.8. The van der Waals surface area contributed by atoms with Crippen molar-refractivity contribution in [3.8, 4) is 11.3 Å². The van der Waals surface area contributed by atoms with Crippen LogP contribution in [-0.4, -0.2) is 58.3 Å². The van der Waals surface area contributed by atoms with E-state index in [4.69, 9.17) is 0 Å². The molecule has 0 saturated carbocycles. The van der Waals surface area contributed by atoms with Crippen LogP contribution in [0.1, 0.15) is 35.4 Å². The molecule has 0 unspecified atom stereocenters. The molecular formula is C21H24N4O2. The molecule has 6 nitrogen and oxygen atoms in total. The molecule has 0 aliphatic carbocycles. The first-order valence-electron chi connectivity index (χ1n) is 9.44. The highest BCUT2D eigenvalue weighted by molar-refractivity contribution is 6.00. The van der Waals surface area contributed by atoms with E-state index in [1.807, 2.05) is 49.2 Å². The Bertz CT molecular complexity index is 883. The van der Waals surface area contributed by atoms with E-state index in [-0.39, 0.29) is 11.8 Å². The SMILES string of the molecule is Cc1ncc(C(=O)N2CC[C@@]3(CCCN(C)C3=O)C2)c(-c2ccccc2)n1. The summed E-state index contributed by atoms with van der Waals surface area (Å²) in [6.07, 6.45) is 4.20. The van der Waals surface area contributed by atoms with Gasteiger partial charge >= 0.3 is 0 Å². The van der Waals surface area contributed by atoms with Crippen molar-refractivity contribution in [3.05, 3.63) is 47.9 Å². The first-order chi connectivity index (χ1) is 13.0. The third-order valence-electron chi connectivity index (χ3n) is 5.78. The summed E-state index contributed by atoms with van der Waals surface area (Å²) in [6.45, 7) is 3.71. The lowest BCUT2D eigenvalue weighted by atomic mass is 9.78. The summed E-state index contributed by atoms with van der Waals surface area (Å²) >= 11 is 0. The lowest BCUT2D eigenvalue weighted by Gasteiger charge is -2.37. The number of aromatic nitrogens is 2. The highest BCUT2D eigenvalue weighted by atomic mass is 16.2. The number of hydrogen-bond donors (Lipinski definition) is 0. The average Bonchev–Trinajstić information content (AvgIpc) is 3.11. The topological polar surface area (TPSA) is 66.4 Å². The van der Waals surface area contributed by atoms with Gasteiger partial charge in [0.2, 0.25) is 5.91 Å². The standard InChI is InChI=1S/C21H24N4O2/c1-15-22-13-17(18(23-15)16-7-4-3-5-8-16)19(26)25-12-10-21(14-25)9-6-11-24(2)20(21)27/h3-5,7-8,13H,6,9-12,14H2,1-2H3/t21-/m0/s1. The van der Waals surface area contributed by atoms with Crippen LogP contribution in [0.25, 0.3) is 11.3 Å². The molecule has 0 N–H and O–H groups in total. The summed E-state index contributed by atoms with van der Waals surface area (Å²) in [5.74, 6) is 0.714. The van der Waals surface area contributed by atoms with Crippen molar-refractivity contribution in [2.75, 3.05) is 26.7 Å². The molecule has 27 heavy (non-hydrogen) atoms. The first kappa shape index (κ1) is 17.6. The summed E-state index contributed by atoms with van der Waals surface area (Å²) in [5, 5.41) is 0. The van der Waals surface area contributed by atoms with Gasteiger partial charge in [0.15, 0.2) is 0 Å². The molecule has 2 saturated heterocycles. The van der Waals surface area contributed by atoms with E-state index < -0.39 is 5.41 Å². The second-order valence-electron chi connectivity index (χ2n) is 7.63. The van der Waals surface area contributed by atoms with Gasteiger partial charge in [-0.1, -0.05) is 30.3 Å². The minimum atomic E-state index is -0.416. The van der Waals surface area contributed by atoms with Crippen molar-refractivity contribution in [1.82, 2.24) is 19.8 Å². The number of piperidine rings is 1. The van der Waals surface area contributed by atoms with E-state index in [2.05, 4.69) is 9.97 Å². The predicted molar refractivity (Wildman–Crippen MR) is 102 cm³/mol. The number of carbonyl (C=O) groups is 2. The molecule has 1 aromatic heterocycles. The molecule has 3 heterocycles. The number of nitrogens with zero attached hydrogens (tertiary/aromatic N) is 4. The van der Waals surface area contributed by atoms with Crippen LogP contribution in [0.5, 0.6) is 0 Å². The fraction of sp³-hybridized carbons (Fsp3) is 0.429. The van der Waals surface area contributed by atoms with Gasteiger partial charge in [0.05, 0.1) is 16.7 Å². The van der Waals surface area contributed by atoms with Crippen molar-refractivity contribution in [3.63, 3.8) is 0 Å². The van der Waals surface area contributed by atoms with Gasteiger partial charge in [-0.2, -0.15) is 0 Å². The zero-order valence-corrected chi connectivity index (χ0v) is 15.8. The van der Waals surface area contributed by atoms with Gasteiger partial charge in [0, 0.05) is 38.4 Å². The van der Waals surface area contributed by atoms with Crippen LogP contribution in [0, 0.1) is 12.3 Å². The van der Waals surface area contributed by atoms with Crippen LogP contribution in [0.15, 0.2) is 36.5 Å². The number of carbonyl (C=O) groups excluding carboxylic acids is 2. The van der Waals surface area contributed by atoms with E-state index >= 15 is 0 Å². The molecule has 2 aliphatic heterocycles. The van der Waals surface area contributed by atoms with Gasteiger partial charge in [-0.3, -0.25) is 9.59 Å². The maximum Gasteiger partial charge on any atom is 0.257 e. The Morgan fingerprint density at radius 2 is 1.93 bits per heavy atom. The molecule has 0 radical (unpaired) electrons. The Morgan fingerprint density at radius 3 is 2.70 bits per heavy atom. The number of rotatable bonds is 2. The lowest BCUT2D eigenvalue weighted by molar-refractivity contribution is -0.143. The fourth-order valence-electron chi connectivity index (χ4n) is 4.31. The highest BCUT2D eigenvalue weighted by Crippen LogP contribution is 2.40. The van der Waals surface area contributed by atoms with Crippen LogP contribution < -0.4 is 0 Å². The highest BCUT2D eigenvalue weighted by Gasteiger charge is 2.48. The molecule has 4 rings (SSSR count). The Balaban J connectivity index is 1.64. The second kappa shape index (κ2) is 6.76. The third kappa shape index (κ3) is 3.09. The molecule has 1 atom stereocenters. The van der Waals surface area contributed by atoms with E-state index in [1.54, 1.807) is 11.1 Å². The van der Waals surface area contributed by atoms with E-state index in [0.717, 1.165) is 31.4 Å². The summed E-state index contributed by atoms with van der Waals surface area (Å²) in [6, 6.07) is 9.70. The van der Waals surface area contributed by atoms with Gasteiger partial charge < -0.3 is 9.80 Å². The Morgan fingerprint density at radius 1 is 1.15 bits per heavy atom. The molecule has 6 heteroatoms. The van der Waals surface area contributed by atoms with Gasteiger partial charge in [-0.05, 0) is 26.2 Å². The average molecular weight is 364 g/mol. The Labute approximate surface area is 159 Å². The second-order valence-corrected chi connectivity index (χ2v) is 7.63. The van der Waals surface area contributed by atoms with Crippen LogP contribution in [0.4, 0.5) is 0 Å². The summed E-state index contributed by atoms with van der Waals surface area (Å²) in [4.78, 5) is 38.4. The number of likely N-dealkylation sites (tertiary alicyclic amines) is 2. The van der Waals surface area contributed by atoms with Crippen LogP contribution in [0.3, 0.4) is 0 Å². The summed E-state index contributed by atoms with van der Waals surface area (Å²) < 4.78 is 0. The van der Waals surface area contributed by atoms with Gasteiger partial charge in [0.1, 0.15) is 5.82 Å². The molecule has 2 aliphatic rings. The smallest absolute Gasteiger partial charge is 0.257 e. The van der Waals surface area contributed by atoms with E-state index in [9.17, 15) is 9.59 Å². The van der Waals surface area contributed by atoms with Gasteiger partial charge in [0.25, 0.3) is 5.91 Å². The fourth-order valence-corrected chi connectivity index (χ4v) is 4.31. The largest absolute Gasteiger partial charge is 0.345 e. The van der Waals surface area contributed by atoms with E-state index in [1.165, 1.54) is 0 Å². The Kier molecular flexibility index (Phi) is 4.42. The zero-order chi connectivity index (χ0) is 19.0. The molecular weight excluding hydrogens is 340 g/mol. The van der Waals surface area contributed by atoms with Crippen LogP contribution in [-0.2, 0) is 4.79 Å². The lowest BCUT2D eigenvalue weighted by Crippen LogP contribution is -2.48. The molecule has 2 amide bonds. The normalized spacial score (nSPS) is 22.5. The molecule has 2 aromatic rings. The number of aryl methyl sites for hydroxylation is 1. The minimum absolute atomic E-state index is 0.0910. The summed E-state index contributed by atoms with van der Waals surface area (Å²) in [5.41, 5.74) is 1.64. The number of hydrogen-bond acceptors (Lipinski definition) is 4. The van der Waals surface area contributed by atoms with Crippen LogP contribution in [0.2, 0.25) is 0 Å².